The van der Waals surface area contributed by atoms with E-state index in [0.717, 1.165) is 22.3 Å². The van der Waals surface area contributed by atoms with Crippen molar-refractivity contribution in [2.45, 2.75) is 19.5 Å². The minimum Gasteiger partial charge on any atom is -0.308 e. The molecule has 0 aliphatic rings. The van der Waals surface area contributed by atoms with E-state index >= 15 is 0 Å². The highest BCUT2D eigenvalue weighted by atomic mass is 79.9. The smallest absolute Gasteiger partial charge is 0.123 e. The molecular formula is C12H14BrFN4. The molecule has 1 unspecified atom stereocenters. The Kier molecular flexibility index (Phi) is 4.08. The summed E-state index contributed by atoms with van der Waals surface area (Å²) >= 11 is 3.45. The third-order valence-corrected chi connectivity index (χ3v) is 3.52. The average Bonchev–Trinajstić information content (AvgIpc) is 2.83. The highest BCUT2D eigenvalue weighted by Gasteiger charge is 2.19. The average molecular weight is 313 g/mol. The van der Waals surface area contributed by atoms with Crippen LogP contribution in [0.5, 0.6) is 0 Å². The molecule has 2 rings (SSSR count). The Hall–Kier alpha value is -1.27. The number of aromatic nitrogens is 3. The van der Waals surface area contributed by atoms with E-state index in [2.05, 4.69) is 31.6 Å². The van der Waals surface area contributed by atoms with Crippen LogP contribution in [0.1, 0.15) is 24.2 Å². The Morgan fingerprint density at radius 1 is 1.50 bits per heavy atom. The predicted molar refractivity (Wildman–Crippen MR) is 70.7 cm³/mol. The van der Waals surface area contributed by atoms with Crippen molar-refractivity contribution in [1.29, 1.82) is 0 Å². The van der Waals surface area contributed by atoms with Gasteiger partial charge in [0.1, 0.15) is 5.82 Å². The van der Waals surface area contributed by atoms with Crippen LogP contribution < -0.4 is 5.32 Å². The molecule has 18 heavy (non-hydrogen) atoms. The first-order valence-electron chi connectivity index (χ1n) is 5.68. The summed E-state index contributed by atoms with van der Waals surface area (Å²) in [5, 5.41) is 11.1. The fraction of sp³-hybridized carbons (Fsp3) is 0.333. The van der Waals surface area contributed by atoms with Crippen LogP contribution >= 0.6 is 15.9 Å². The Balaban J connectivity index is 2.48. The summed E-state index contributed by atoms with van der Waals surface area (Å²) in [6.07, 6.45) is 1.70. The Labute approximate surface area is 113 Å². The van der Waals surface area contributed by atoms with Gasteiger partial charge in [0.15, 0.2) is 0 Å². The van der Waals surface area contributed by atoms with E-state index in [9.17, 15) is 4.39 Å². The maximum Gasteiger partial charge on any atom is 0.123 e. The first-order valence-corrected chi connectivity index (χ1v) is 6.47. The van der Waals surface area contributed by atoms with Gasteiger partial charge in [-0.1, -0.05) is 21.1 Å². The normalized spacial score (nSPS) is 12.7. The van der Waals surface area contributed by atoms with Gasteiger partial charge in [-0.2, -0.15) is 0 Å². The molecule has 1 aromatic carbocycles. The van der Waals surface area contributed by atoms with E-state index in [1.165, 1.54) is 12.1 Å². The van der Waals surface area contributed by atoms with Crippen LogP contribution in [0.4, 0.5) is 4.39 Å². The molecule has 0 fully saturated rings. The molecule has 1 N–H and O–H groups in total. The standard InChI is InChI=1S/C12H14BrFN4/c1-3-18-11(7-16-17-18)12(15-2)9-6-8(14)4-5-10(9)13/h4-7,12,15H,3H2,1-2H3. The molecule has 0 aliphatic carbocycles. The molecule has 1 aromatic heterocycles. The zero-order valence-corrected chi connectivity index (χ0v) is 11.8. The second kappa shape index (κ2) is 5.58. The fourth-order valence-electron chi connectivity index (χ4n) is 1.93. The van der Waals surface area contributed by atoms with Crippen molar-refractivity contribution in [2.75, 3.05) is 7.05 Å². The Bertz CT molecular complexity index is 541. The minimum atomic E-state index is -0.260. The van der Waals surface area contributed by atoms with E-state index in [-0.39, 0.29) is 11.9 Å². The first-order chi connectivity index (χ1) is 8.67. The quantitative estimate of drug-likeness (QED) is 0.943. The molecule has 2 aromatic rings. The van der Waals surface area contributed by atoms with Crippen molar-refractivity contribution in [3.05, 3.63) is 45.9 Å². The van der Waals surface area contributed by atoms with Crippen LogP contribution in [-0.2, 0) is 6.54 Å². The van der Waals surface area contributed by atoms with Crippen molar-refractivity contribution in [3.8, 4) is 0 Å². The number of nitrogens with one attached hydrogen (secondary N) is 1. The summed E-state index contributed by atoms with van der Waals surface area (Å²) in [6, 6.07) is 4.49. The molecule has 1 atom stereocenters. The van der Waals surface area contributed by atoms with Gasteiger partial charge in [-0.15, -0.1) is 5.10 Å². The van der Waals surface area contributed by atoms with Crippen LogP contribution in [-0.4, -0.2) is 22.0 Å². The van der Waals surface area contributed by atoms with Crippen molar-refractivity contribution >= 4 is 15.9 Å². The molecule has 0 aliphatic heterocycles. The van der Waals surface area contributed by atoms with Crippen molar-refractivity contribution in [3.63, 3.8) is 0 Å². The summed E-state index contributed by atoms with van der Waals surface area (Å²) in [5.41, 5.74) is 1.74. The maximum atomic E-state index is 13.4. The van der Waals surface area contributed by atoms with Gasteiger partial charge in [-0.3, -0.25) is 0 Å². The van der Waals surface area contributed by atoms with E-state index in [4.69, 9.17) is 0 Å². The van der Waals surface area contributed by atoms with E-state index in [1.807, 2.05) is 14.0 Å². The number of rotatable bonds is 4. The number of hydrogen-bond donors (Lipinski definition) is 1. The molecule has 96 valence electrons. The molecule has 6 heteroatoms. The van der Waals surface area contributed by atoms with E-state index < -0.39 is 0 Å². The molecule has 0 saturated carbocycles. The lowest BCUT2D eigenvalue weighted by Gasteiger charge is -2.18. The van der Waals surface area contributed by atoms with Crippen molar-refractivity contribution < 1.29 is 4.39 Å². The van der Waals surface area contributed by atoms with Crippen molar-refractivity contribution in [2.24, 2.45) is 0 Å². The SMILES string of the molecule is CCn1nncc1C(NC)c1cc(F)ccc1Br. The zero-order valence-electron chi connectivity index (χ0n) is 10.2. The van der Waals surface area contributed by atoms with Gasteiger partial charge in [0, 0.05) is 11.0 Å². The minimum absolute atomic E-state index is 0.148. The predicted octanol–water partition coefficient (Wildman–Crippen LogP) is 2.51. The number of nitrogens with zero attached hydrogens (tertiary/aromatic N) is 3. The molecule has 0 spiro atoms. The van der Waals surface area contributed by atoms with Crippen LogP contribution in [0, 0.1) is 5.82 Å². The maximum absolute atomic E-state index is 13.4. The summed E-state index contributed by atoms with van der Waals surface area (Å²) < 4.78 is 16.0. The molecule has 0 bridgehead atoms. The van der Waals surface area contributed by atoms with Gasteiger partial charge in [0.05, 0.1) is 17.9 Å². The molecule has 0 amide bonds. The number of aryl methyl sites for hydroxylation is 1. The van der Waals surface area contributed by atoms with E-state index in [0.29, 0.717) is 0 Å². The summed E-state index contributed by atoms with van der Waals surface area (Å²) in [7, 11) is 1.83. The third-order valence-electron chi connectivity index (χ3n) is 2.80. The van der Waals surface area contributed by atoms with Gasteiger partial charge in [0.25, 0.3) is 0 Å². The summed E-state index contributed by atoms with van der Waals surface area (Å²) in [5.74, 6) is -0.260. The largest absolute Gasteiger partial charge is 0.308 e. The zero-order chi connectivity index (χ0) is 13.1. The van der Waals surface area contributed by atoms with Crippen LogP contribution in [0.3, 0.4) is 0 Å². The molecule has 1 heterocycles. The highest BCUT2D eigenvalue weighted by molar-refractivity contribution is 9.10. The highest BCUT2D eigenvalue weighted by Crippen LogP contribution is 2.28. The fourth-order valence-corrected chi connectivity index (χ4v) is 2.41. The lowest BCUT2D eigenvalue weighted by molar-refractivity contribution is 0.547. The van der Waals surface area contributed by atoms with Gasteiger partial charge < -0.3 is 5.32 Å². The van der Waals surface area contributed by atoms with Gasteiger partial charge in [-0.05, 0) is 37.7 Å². The first kappa shape index (κ1) is 13.2. The van der Waals surface area contributed by atoms with Gasteiger partial charge >= 0.3 is 0 Å². The number of halogens is 2. The topological polar surface area (TPSA) is 42.7 Å². The second-order valence-electron chi connectivity index (χ2n) is 3.86. The Morgan fingerprint density at radius 3 is 2.94 bits per heavy atom. The summed E-state index contributed by atoms with van der Waals surface area (Å²) in [6.45, 7) is 2.71. The lowest BCUT2D eigenvalue weighted by Crippen LogP contribution is -2.22. The van der Waals surface area contributed by atoms with Crippen molar-refractivity contribution in [1.82, 2.24) is 20.3 Å². The lowest BCUT2D eigenvalue weighted by atomic mass is 10.0. The molecular weight excluding hydrogens is 299 g/mol. The molecule has 0 radical (unpaired) electrons. The number of hydrogen-bond acceptors (Lipinski definition) is 3. The van der Waals surface area contributed by atoms with Crippen LogP contribution in [0.25, 0.3) is 0 Å². The third kappa shape index (κ3) is 2.44. The van der Waals surface area contributed by atoms with Crippen LogP contribution in [0.2, 0.25) is 0 Å². The van der Waals surface area contributed by atoms with E-state index in [1.54, 1.807) is 16.9 Å². The van der Waals surface area contributed by atoms with Gasteiger partial charge in [0.2, 0.25) is 0 Å². The Morgan fingerprint density at radius 2 is 2.28 bits per heavy atom. The van der Waals surface area contributed by atoms with Gasteiger partial charge in [-0.25, -0.2) is 9.07 Å². The second-order valence-corrected chi connectivity index (χ2v) is 4.72. The number of benzene rings is 1. The molecule has 4 nitrogen and oxygen atoms in total. The monoisotopic (exact) mass is 312 g/mol. The summed E-state index contributed by atoms with van der Waals surface area (Å²) in [4.78, 5) is 0. The van der Waals surface area contributed by atoms with Crippen LogP contribution in [0.15, 0.2) is 28.9 Å². The molecule has 0 saturated heterocycles.